The molecule has 0 saturated carbocycles. The Morgan fingerprint density at radius 2 is 1.85 bits per heavy atom. The molecule has 0 aliphatic carbocycles. The Hall–Kier alpha value is -1.25. The first-order chi connectivity index (χ1) is 5.99. The molecule has 0 fully saturated rings. The fourth-order valence-corrected chi connectivity index (χ4v) is 0.913. The van der Waals surface area contributed by atoms with Gasteiger partial charge < -0.3 is 4.74 Å². The van der Waals surface area contributed by atoms with Gasteiger partial charge in [0.2, 0.25) is 0 Å². The van der Waals surface area contributed by atoms with Crippen molar-refractivity contribution in [1.29, 1.82) is 0 Å². The Bertz CT molecular complexity index is 236. The summed E-state index contributed by atoms with van der Waals surface area (Å²) in [5.74, 6) is 0. The number of hydrogen-bond donors (Lipinski definition) is 0. The quantitative estimate of drug-likeness (QED) is 0.575. The van der Waals surface area contributed by atoms with Gasteiger partial charge in [0.15, 0.2) is 0 Å². The predicted octanol–water partition coefficient (Wildman–Crippen LogP) is 2.65. The van der Waals surface area contributed by atoms with Crippen LogP contribution in [-0.2, 0) is 4.74 Å². The second kappa shape index (κ2) is 3.64. The van der Waals surface area contributed by atoms with Gasteiger partial charge >= 0.3 is 6.09 Å². The smallest absolute Gasteiger partial charge is 0.418 e. The van der Waals surface area contributed by atoms with Crippen LogP contribution in [0.15, 0.2) is 24.6 Å². The first-order valence-electron chi connectivity index (χ1n) is 4.34. The Morgan fingerprint density at radius 3 is 2.31 bits per heavy atom. The van der Waals surface area contributed by atoms with Crippen molar-refractivity contribution >= 4 is 6.09 Å². The Kier molecular flexibility index (Phi) is 2.76. The van der Waals surface area contributed by atoms with Crippen molar-refractivity contribution in [2.24, 2.45) is 0 Å². The molecule has 0 atom stereocenters. The van der Waals surface area contributed by atoms with E-state index >= 15 is 0 Å². The van der Waals surface area contributed by atoms with Crippen molar-refractivity contribution < 1.29 is 9.53 Å². The highest BCUT2D eigenvalue weighted by atomic mass is 16.6. The number of carbonyl (C=O) groups is 1. The maximum atomic E-state index is 11.4. The standard InChI is InChI=1S/C10H15NO2/c1-10(2,3)13-9(12)11-7-5-4-6-8-11/h5-8H,4H2,1-3H3. The van der Waals surface area contributed by atoms with Gasteiger partial charge in [-0.2, -0.15) is 0 Å². The summed E-state index contributed by atoms with van der Waals surface area (Å²) >= 11 is 0. The highest BCUT2D eigenvalue weighted by Crippen LogP contribution is 2.12. The van der Waals surface area contributed by atoms with E-state index in [4.69, 9.17) is 4.74 Å². The van der Waals surface area contributed by atoms with Gasteiger partial charge in [0.05, 0.1) is 0 Å². The lowest BCUT2D eigenvalue weighted by Crippen LogP contribution is -2.31. The average molecular weight is 181 g/mol. The first-order valence-corrected chi connectivity index (χ1v) is 4.34. The number of nitrogens with zero attached hydrogens (tertiary/aromatic N) is 1. The molecule has 0 aromatic heterocycles. The molecule has 0 unspecified atom stereocenters. The number of ether oxygens (including phenoxy) is 1. The molecular weight excluding hydrogens is 166 g/mol. The molecule has 1 heterocycles. The highest BCUT2D eigenvalue weighted by Gasteiger charge is 2.19. The normalized spacial score (nSPS) is 16.1. The van der Waals surface area contributed by atoms with E-state index < -0.39 is 5.60 Å². The molecule has 0 radical (unpaired) electrons. The molecule has 0 aromatic rings. The Morgan fingerprint density at radius 1 is 1.31 bits per heavy atom. The van der Waals surface area contributed by atoms with Crippen LogP contribution in [0.25, 0.3) is 0 Å². The third-order valence-electron chi connectivity index (χ3n) is 1.41. The fourth-order valence-electron chi connectivity index (χ4n) is 0.913. The van der Waals surface area contributed by atoms with Crippen molar-refractivity contribution in [3.8, 4) is 0 Å². The van der Waals surface area contributed by atoms with Gasteiger partial charge in [-0.15, -0.1) is 0 Å². The lowest BCUT2D eigenvalue weighted by Gasteiger charge is -2.23. The van der Waals surface area contributed by atoms with Crippen LogP contribution in [0.1, 0.15) is 27.2 Å². The molecule has 13 heavy (non-hydrogen) atoms. The van der Waals surface area contributed by atoms with Gasteiger partial charge in [-0.1, -0.05) is 12.2 Å². The fraction of sp³-hybridized carbons (Fsp3) is 0.500. The summed E-state index contributed by atoms with van der Waals surface area (Å²) < 4.78 is 5.16. The van der Waals surface area contributed by atoms with E-state index in [1.807, 2.05) is 32.9 Å². The minimum Gasteiger partial charge on any atom is -0.443 e. The zero-order valence-electron chi connectivity index (χ0n) is 8.28. The zero-order valence-corrected chi connectivity index (χ0v) is 8.28. The average Bonchev–Trinajstić information content (AvgIpc) is 2.03. The van der Waals surface area contributed by atoms with E-state index in [0.29, 0.717) is 0 Å². The molecule has 1 rings (SSSR count). The van der Waals surface area contributed by atoms with Gasteiger partial charge in [-0.05, 0) is 27.2 Å². The molecule has 0 N–H and O–H groups in total. The van der Waals surface area contributed by atoms with E-state index in [1.165, 1.54) is 4.90 Å². The SMILES string of the molecule is CC(C)(C)OC(=O)N1C=CCC=C1. The van der Waals surface area contributed by atoms with E-state index in [1.54, 1.807) is 12.4 Å². The minimum atomic E-state index is -0.434. The molecule has 3 heteroatoms. The van der Waals surface area contributed by atoms with Gasteiger partial charge in [-0.3, -0.25) is 4.90 Å². The van der Waals surface area contributed by atoms with Gasteiger partial charge in [0.1, 0.15) is 5.60 Å². The molecule has 1 aliphatic heterocycles. The number of amides is 1. The molecule has 1 aliphatic rings. The van der Waals surface area contributed by atoms with Crippen molar-refractivity contribution in [1.82, 2.24) is 4.90 Å². The molecule has 1 amide bonds. The number of rotatable bonds is 0. The largest absolute Gasteiger partial charge is 0.443 e. The lowest BCUT2D eigenvalue weighted by atomic mass is 10.2. The molecule has 0 spiro atoms. The molecule has 3 nitrogen and oxygen atoms in total. The number of allylic oxidation sites excluding steroid dienone is 2. The van der Waals surface area contributed by atoms with Crippen LogP contribution in [-0.4, -0.2) is 16.6 Å². The highest BCUT2D eigenvalue weighted by molar-refractivity contribution is 5.70. The summed E-state index contributed by atoms with van der Waals surface area (Å²) in [4.78, 5) is 12.9. The van der Waals surface area contributed by atoms with E-state index in [0.717, 1.165) is 6.42 Å². The van der Waals surface area contributed by atoms with Crippen LogP contribution in [0.3, 0.4) is 0 Å². The maximum absolute atomic E-state index is 11.4. The van der Waals surface area contributed by atoms with Gasteiger partial charge in [0, 0.05) is 12.4 Å². The van der Waals surface area contributed by atoms with Gasteiger partial charge in [0.25, 0.3) is 0 Å². The topological polar surface area (TPSA) is 29.5 Å². The van der Waals surface area contributed by atoms with Crippen LogP contribution in [0.5, 0.6) is 0 Å². The zero-order chi connectivity index (χ0) is 9.90. The minimum absolute atomic E-state index is 0.334. The lowest BCUT2D eigenvalue weighted by molar-refractivity contribution is 0.0397. The second-order valence-electron chi connectivity index (χ2n) is 3.89. The molecular formula is C10H15NO2. The van der Waals surface area contributed by atoms with E-state index in [9.17, 15) is 4.79 Å². The monoisotopic (exact) mass is 181 g/mol. The summed E-state index contributed by atoms with van der Waals surface area (Å²) in [6.45, 7) is 5.55. The van der Waals surface area contributed by atoms with Crippen molar-refractivity contribution in [2.45, 2.75) is 32.8 Å². The van der Waals surface area contributed by atoms with Crippen LogP contribution in [0, 0.1) is 0 Å². The predicted molar refractivity (Wildman–Crippen MR) is 51.0 cm³/mol. The van der Waals surface area contributed by atoms with Crippen LogP contribution in [0.2, 0.25) is 0 Å². The summed E-state index contributed by atoms with van der Waals surface area (Å²) in [5, 5.41) is 0. The van der Waals surface area contributed by atoms with Crippen LogP contribution < -0.4 is 0 Å². The number of hydrogen-bond acceptors (Lipinski definition) is 2. The molecule has 0 saturated heterocycles. The van der Waals surface area contributed by atoms with Gasteiger partial charge in [-0.25, -0.2) is 4.79 Å². The third-order valence-corrected chi connectivity index (χ3v) is 1.41. The summed E-state index contributed by atoms with van der Waals surface area (Å²) in [7, 11) is 0. The molecule has 0 aromatic carbocycles. The number of carbonyl (C=O) groups excluding carboxylic acids is 1. The van der Waals surface area contributed by atoms with Crippen LogP contribution in [0.4, 0.5) is 4.79 Å². The van der Waals surface area contributed by atoms with E-state index in [2.05, 4.69) is 0 Å². The Balaban J connectivity index is 2.53. The second-order valence-corrected chi connectivity index (χ2v) is 3.89. The maximum Gasteiger partial charge on any atom is 0.418 e. The van der Waals surface area contributed by atoms with E-state index in [-0.39, 0.29) is 6.09 Å². The van der Waals surface area contributed by atoms with Crippen LogP contribution >= 0.6 is 0 Å². The summed E-state index contributed by atoms with van der Waals surface area (Å²) in [6.07, 6.45) is 7.79. The van der Waals surface area contributed by atoms with Crippen molar-refractivity contribution in [3.63, 3.8) is 0 Å². The summed E-state index contributed by atoms with van der Waals surface area (Å²) in [6, 6.07) is 0. The Labute approximate surface area is 78.7 Å². The third kappa shape index (κ3) is 3.32. The molecule has 0 bridgehead atoms. The first kappa shape index (κ1) is 9.84. The molecule has 72 valence electrons. The summed E-state index contributed by atoms with van der Waals surface area (Å²) in [5.41, 5.74) is -0.434. The van der Waals surface area contributed by atoms with Crippen molar-refractivity contribution in [2.75, 3.05) is 0 Å². The van der Waals surface area contributed by atoms with Crippen molar-refractivity contribution in [3.05, 3.63) is 24.6 Å².